The van der Waals surface area contributed by atoms with Gasteiger partial charge in [0.2, 0.25) is 0 Å². The minimum Gasteiger partial charge on any atom is -0.466 e. The fourth-order valence-electron chi connectivity index (χ4n) is 4.56. The molecule has 5 aromatic rings. The Bertz CT molecular complexity index is 1860. The van der Waals surface area contributed by atoms with Gasteiger partial charge in [-0.15, -0.1) is 0 Å². The Labute approximate surface area is 278 Å². The number of nitrogens with zero attached hydrogens (tertiary/aromatic N) is 2. The summed E-state index contributed by atoms with van der Waals surface area (Å²) < 4.78 is 11.0. The normalized spacial score (nSPS) is 11.7. The molecule has 234 valence electrons. The Morgan fingerprint density at radius 2 is 1.65 bits per heavy atom. The number of pyridine rings is 1. The highest BCUT2D eigenvalue weighted by Gasteiger charge is 2.10. The van der Waals surface area contributed by atoms with Crippen LogP contribution in [-0.2, 0) is 9.53 Å². The van der Waals surface area contributed by atoms with Crippen molar-refractivity contribution in [2.45, 2.75) is 13.3 Å². The number of guanidine groups is 1. The van der Waals surface area contributed by atoms with E-state index >= 15 is 0 Å². The third-order valence-corrected chi connectivity index (χ3v) is 7.36. The summed E-state index contributed by atoms with van der Waals surface area (Å²) in [6.07, 6.45) is 4.31. The van der Waals surface area contributed by atoms with E-state index in [1.54, 1.807) is 19.2 Å². The second-order valence-corrected chi connectivity index (χ2v) is 11.1. The van der Waals surface area contributed by atoms with Crippen LogP contribution in [0.5, 0.6) is 11.5 Å². The number of carbonyl (C=O) groups excluding carboxylic acids is 1. The minimum absolute atomic E-state index is 0.366. The fraction of sp³-hybridized carbons (Fsp3) is 0.139. The van der Waals surface area contributed by atoms with Gasteiger partial charge in [-0.3, -0.25) is 9.98 Å². The van der Waals surface area contributed by atoms with E-state index in [9.17, 15) is 4.79 Å². The molecule has 5 rings (SSSR count). The van der Waals surface area contributed by atoms with E-state index in [-0.39, 0.29) is 5.97 Å². The topological polar surface area (TPSA) is 96.9 Å². The van der Waals surface area contributed by atoms with Gasteiger partial charge in [-0.05, 0) is 97.8 Å². The quantitative estimate of drug-likeness (QED) is 0.0430. The van der Waals surface area contributed by atoms with E-state index in [1.165, 1.54) is 7.11 Å². The number of para-hydroxylation sites is 2. The Kier molecular flexibility index (Phi) is 11.1. The van der Waals surface area contributed by atoms with Crippen LogP contribution >= 0.6 is 23.2 Å². The van der Waals surface area contributed by atoms with Gasteiger partial charge in [0.05, 0.1) is 18.3 Å². The van der Waals surface area contributed by atoms with Crippen molar-refractivity contribution in [2.75, 3.05) is 36.1 Å². The van der Waals surface area contributed by atoms with E-state index in [2.05, 4.69) is 20.9 Å². The monoisotopic (exact) mass is 653 g/mol. The van der Waals surface area contributed by atoms with Crippen LogP contribution in [0, 0.1) is 0 Å². The maximum Gasteiger partial charge on any atom is 0.333 e. The first kappa shape index (κ1) is 32.3. The predicted octanol–water partition coefficient (Wildman–Crippen LogP) is 9.29. The van der Waals surface area contributed by atoms with Gasteiger partial charge in [-0.1, -0.05) is 47.5 Å². The van der Waals surface area contributed by atoms with E-state index in [4.69, 9.17) is 37.7 Å². The average Bonchev–Trinajstić information content (AvgIpc) is 3.06. The Hall–Kier alpha value is -5.05. The van der Waals surface area contributed by atoms with Crippen molar-refractivity contribution >= 4 is 69.2 Å². The van der Waals surface area contributed by atoms with Crippen LogP contribution in [0.1, 0.15) is 18.9 Å². The number of ether oxygens (including phenoxy) is 2. The molecule has 8 nitrogen and oxygen atoms in total. The number of fused-ring (bicyclic) bond motifs is 1. The smallest absolute Gasteiger partial charge is 0.333 e. The fourth-order valence-corrected chi connectivity index (χ4v) is 4.86. The summed E-state index contributed by atoms with van der Waals surface area (Å²) in [5.41, 5.74) is 4.78. The molecule has 0 atom stereocenters. The molecule has 0 aliphatic heterocycles. The highest BCUT2D eigenvalue weighted by Crippen LogP contribution is 2.30. The summed E-state index contributed by atoms with van der Waals surface area (Å²) in [5.74, 6) is 1.45. The van der Waals surface area contributed by atoms with Gasteiger partial charge in [-0.25, -0.2) is 4.79 Å². The van der Waals surface area contributed by atoms with E-state index < -0.39 is 0 Å². The molecule has 3 N–H and O–H groups in total. The summed E-state index contributed by atoms with van der Waals surface area (Å²) in [7, 11) is 1.36. The lowest BCUT2D eigenvalue weighted by Crippen LogP contribution is -2.23. The van der Waals surface area contributed by atoms with Crippen molar-refractivity contribution in [3.05, 3.63) is 124 Å². The zero-order valence-corrected chi connectivity index (χ0v) is 26.9. The first-order valence-corrected chi connectivity index (χ1v) is 15.4. The molecule has 1 heterocycles. The van der Waals surface area contributed by atoms with Gasteiger partial charge < -0.3 is 25.4 Å². The van der Waals surface area contributed by atoms with Crippen LogP contribution in [0.2, 0.25) is 10.0 Å². The molecule has 4 aromatic carbocycles. The van der Waals surface area contributed by atoms with E-state index in [0.717, 1.165) is 39.9 Å². The van der Waals surface area contributed by atoms with Crippen LogP contribution in [0.15, 0.2) is 114 Å². The molecular weight excluding hydrogens is 621 g/mol. The lowest BCUT2D eigenvalue weighted by Gasteiger charge is -2.16. The molecule has 0 bridgehead atoms. The van der Waals surface area contributed by atoms with Crippen LogP contribution in [-0.4, -0.2) is 37.1 Å². The van der Waals surface area contributed by atoms with Crippen LogP contribution in [0.25, 0.3) is 17.0 Å². The Morgan fingerprint density at radius 1 is 0.891 bits per heavy atom. The average molecular weight is 655 g/mol. The molecular formula is C36H33Cl2N5O3. The number of esters is 1. The van der Waals surface area contributed by atoms with Gasteiger partial charge in [-0.2, -0.15) is 0 Å². The van der Waals surface area contributed by atoms with Crippen molar-refractivity contribution in [1.82, 2.24) is 4.98 Å². The molecule has 0 aliphatic carbocycles. The van der Waals surface area contributed by atoms with Crippen molar-refractivity contribution in [3.8, 4) is 11.5 Å². The minimum atomic E-state index is -0.366. The summed E-state index contributed by atoms with van der Waals surface area (Å²) in [5, 5.41) is 12.6. The summed E-state index contributed by atoms with van der Waals surface area (Å²) in [6, 6.07) is 30.2. The van der Waals surface area contributed by atoms with Gasteiger partial charge in [0.25, 0.3) is 0 Å². The second-order valence-electron chi connectivity index (χ2n) is 10.3. The van der Waals surface area contributed by atoms with E-state index in [0.29, 0.717) is 46.2 Å². The number of rotatable bonds is 11. The van der Waals surface area contributed by atoms with Gasteiger partial charge in [0.1, 0.15) is 5.75 Å². The van der Waals surface area contributed by atoms with Crippen molar-refractivity contribution in [2.24, 2.45) is 4.99 Å². The number of nitrogens with one attached hydrogen (secondary N) is 3. The van der Waals surface area contributed by atoms with Crippen LogP contribution in [0.4, 0.5) is 17.1 Å². The summed E-state index contributed by atoms with van der Waals surface area (Å²) in [6.45, 7) is 2.97. The number of benzene rings is 4. The molecule has 0 radical (unpaired) electrons. The maximum atomic E-state index is 11.7. The maximum absolute atomic E-state index is 11.7. The highest BCUT2D eigenvalue weighted by atomic mass is 35.5. The largest absolute Gasteiger partial charge is 0.466 e. The number of methoxy groups -OCH3 is 1. The SMILES string of the molecule is COC(=O)/C(C)=C/c1ccc(Oc2ccccc2NC(=NCCCNc2ccnc3cc(Cl)ccc23)Nc2ccc(Cl)cc2)cc1. The number of hydrogen-bond acceptors (Lipinski definition) is 6. The van der Waals surface area contributed by atoms with E-state index in [1.807, 2.05) is 97.1 Å². The highest BCUT2D eigenvalue weighted by molar-refractivity contribution is 6.31. The third kappa shape index (κ3) is 9.00. The Morgan fingerprint density at radius 3 is 2.43 bits per heavy atom. The zero-order chi connectivity index (χ0) is 32.3. The lowest BCUT2D eigenvalue weighted by atomic mass is 10.1. The molecule has 0 saturated heterocycles. The number of halogens is 2. The molecule has 0 unspecified atom stereocenters. The standard InChI is InChI=1S/C36H33Cl2N5O3/c1-24(35(44)45-2)22-25-8-15-29(16-9-25)46-34-7-4-3-6-32(34)43-36(42-28-13-10-26(37)11-14-28)41-20-5-19-39-31-18-21-40-33-23-27(38)12-17-30(31)33/h3-4,6-18,21-23H,5,19-20H2,1-2H3,(H,39,40)(H2,41,42,43)/b24-22+. The number of aliphatic imine (C=N–C) groups is 1. The van der Waals surface area contributed by atoms with Crippen molar-refractivity contribution in [3.63, 3.8) is 0 Å². The number of carbonyl (C=O) groups is 1. The first-order valence-electron chi connectivity index (χ1n) is 14.6. The predicted molar refractivity (Wildman–Crippen MR) is 189 cm³/mol. The second kappa shape index (κ2) is 15.8. The third-order valence-electron chi connectivity index (χ3n) is 6.87. The van der Waals surface area contributed by atoms with Gasteiger partial charge in [0, 0.05) is 51.7 Å². The number of anilines is 3. The van der Waals surface area contributed by atoms with Crippen molar-refractivity contribution in [1.29, 1.82) is 0 Å². The van der Waals surface area contributed by atoms with Gasteiger partial charge >= 0.3 is 5.97 Å². The molecule has 1 aromatic heterocycles. The summed E-state index contributed by atoms with van der Waals surface area (Å²) >= 11 is 12.2. The molecule has 10 heteroatoms. The number of hydrogen-bond donors (Lipinski definition) is 3. The Balaban J connectivity index is 1.28. The summed E-state index contributed by atoms with van der Waals surface area (Å²) in [4.78, 5) is 21.0. The number of aromatic nitrogens is 1. The van der Waals surface area contributed by atoms with Crippen LogP contribution in [0.3, 0.4) is 0 Å². The molecule has 0 amide bonds. The van der Waals surface area contributed by atoms with Crippen molar-refractivity contribution < 1.29 is 14.3 Å². The molecule has 46 heavy (non-hydrogen) atoms. The molecule has 0 spiro atoms. The van der Waals surface area contributed by atoms with Gasteiger partial charge in [0.15, 0.2) is 11.7 Å². The molecule has 0 fully saturated rings. The molecule has 0 saturated carbocycles. The first-order chi connectivity index (χ1) is 22.4. The van der Waals surface area contributed by atoms with Crippen LogP contribution < -0.4 is 20.7 Å². The molecule has 0 aliphatic rings. The zero-order valence-electron chi connectivity index (χ0n) is 25.4. The lowest BCUT2D eigenvalue weighted by molar-refractivity contribution is -0.135.